The number of rotatable bonds is 6. The van der Waals surface area contributed by atoms with Crippen LogP contribution in [-0.2, 0) is 6.54 Å². The highest BCUT2D eigenvalue weighted by Crippen LogP contribution is 2.25. The number of hydrogen-bond acceptors (Lipinski definition) is 4. The second-order valence-electron chi connectivity index (χ2n) is 7.23. The zero-order valence-electron chi connectivity index (χ0n) is 16.1. The van der Waals surface area contributed by atoms with Crippen LogP contribution in [0, 0.1) is 0 Å². The minimum atomic E-state index is -0.325. The minimum absolute atomic E-state index is 0.167. The summed E-state index contributed by atoms with van der Waals surface area (Å²) >= 11 is 0. The van der Waals surface area contributed by atoms with Crippen LogP contribution < -0.4 is 10.3 Å². The molecule has 0 radical (unpaired) electrons. The number of H-pyrrole nitrogens is 1. The minimum Gasteiger partial charge on any atom is -0.484 e. The van der Waals surface area contributed by atoms with E-state index in [1.165, 1.54) is 24.5 Å². The molecule has 1 saturated heterocycles. The van der Waals surface area contributed by atoms with Gasteiger partial charge in [-0.25, -0.2) is 4.98 Å². The molecule has 4 rings (SSSR count). The van der Waals surface area contributed by atoms with Crippen molar-refractivity contribution in [2.24, 2.45) is 0 Å². The summed E-state index contributed by atoms with van der Waals surface area (Å²) in [5.41, 5.74) is 2.61. The Balaban J connectivity index is 1.63. The van der Waals surface area contributed by atoms with Crippen molar-refractivity contribution in [2.45, 2.75) is 32.4 Å². The zero-order valence-corrected chi connectivity index (χ0v) is 16.1. The summed E-state index contributed by atoms with van der Waals surface area (Å²) in [7, 11) is 0. The number of likely N-dealkylation sites (tertiary alicyclic amines) is 1. The lowest BCUT2D eigenvalue weighted by Gasteiger charge is -2.18. The normalized spacial score (nSPS) is 15.5. The Bertz CT molecular complexity index is 978. The summed E-state index contributed by atoms with van der Waals surface area (Å²) in [5, 5.41) is 0. The third kappa shape index (κ3) is 4.31. The van der Waals surface area contributed by atoms with E-state index >= 15 is 0 Å². The van der Waals surface area contributed by atoms with Crippen molar-refractivity contribution in [3.63, 3.8) is 0 Å². The van der Waals surface area contributed by atoms with Crippen LogP contribution in [0.1, 0.15) is 37.1 Å². The number of hydrogen-bond donors (Lipinski definition) is 1. The van der Waals surface area contributed by atoms with Gasteiger partial charge in [-0.3, -0.25) is 9.69 Å². The van der Waals surface area contributed by atoms with E-state index in [1.54, 1.807) is 0 Å². The molecule has 0 saturated carbocycles. The van der Waals surface area contributed by atoms with Crippen LogP contribution in [0.2, 0.25) is 0 Å². The molecule has 0 aliphatic carbocycles. The van der Waals surface area contributed by atoms with Gasteiger partial charge in [0, 0.05) is 18.2 Å². The van der Waals surface area contributed by atoms with Crippen molar-refractivity contribution in [3.8, 4) is 17.1 Å². The molecule has 1 aliphatic heterocycles. The predicted molar refractivity (Wildman–Crippen MR) is 110 cm³/mol. The molecular weight excluding hydrogens is 350 g/mol. The predicted octanol–water partition coefficient (Wildman–Crippen LogP) is 4.17. The lowest BCUT2D eigenvalue weighted by molar-refractivity contribution is 0.221. The van der Waals surface area contributed by atoms with E-state index < -0.39 is 0 Å². The Morgan fingerprint density at radius 1 is 1.07 bits per heavy atom. The summed E-state index contributed by atoms with van der Waals surface area (Å²) in [5.74, 6) is 1.36. The number of para-hydroxylation sites is 1. The number of aromatic amines is 1. The third-order valence-electron chi connectivity index (χ3n) is 5.10. The van der Waals surface area contributed by atoms with E-state index in [0.717, 1.165) is 30.9 Å². The second kappa shape index (κ2) is 8.40. The summed E-state index contributed by atoms with van der Waals surface area (Å²) in [6.45, 7) is 5.04. The van der Waals surface area contributed by atoms with Gasteiger partial charge in [-0.15, -0.1) is 0 Å². The van der Waals surface area contributed by atoms with Gasteiger partial charge in [0.05, 0.1) is 5.69 Å². The number of nitrogens with zero attached hydrogens (tertiary/aromatic N) is 2. The molecule has 1 fully saturated rings. The van der Waals surface area contributed by atoms with Crippen molar-refractivity contribution < 1.29 is 4.74 Å². The lowest BCUT2D eigenvalue weighted by atomic mass is 10.1. The molecule has 5 nitrogen and oxygen atoms in total. The molecule has 3 aromatic rings. The number of aromatic nitrogens is 2. The van der Waals surface area contributed by atoms with Crippen LogP contribution in [0.15, 0.2) is 65.5 Å². The van der Waals surface area contributed by atoms with Gasteiger partial charge in [0.15, 0.2) is 0 Å². The van der Waals surface area contributed by atoms with Crippen LogP contribution in [0.5, 0.6) is 5.75 Å². The van der Waals surface area contributed by atoms with Gasteiger partial charge in [-0.2, -0.15) is 0 Å². The van der Waals surface area contributed by atoms with E-state index in [-0.39, 0.29) is 11.7 Å². The first kappa shape index (κ1) is 18.4. The Morgan fingerprint density at radius 3 is 2.57 bits per heavy atom. The number of benzene rings is 2. The summed E-state index contributed by atoms with van der Waals surface area (Å²) in [6.07, 6.45) is 2.18. The van der Waals surface area contributed by atoms with Gasteiger partial charge in [0.2, 0.25) is 0 Å². The quantitative estimate of drug-likeness (QED) is 0.702. The van der Waals surface area contributed by atoms with E-state index in [9.17, 15) is 4.79 Å². The lowest BCUT2D eigenvalue weighted by Crippen LogP contribution is -2.19. The van der Waals surface area contributed by atoms with Crippen molar-refractivity contribution in [1.82, 2.24) is 14.9 Å². The van der Waals surface area contributed by atoms with Crippen molar-refractivity contribution in [1.29, 1.82) is 0 Å². The zero-order chi connectivity index (χ0) is 19.3. The summed E-state index contributed by atoms with van der Waals surface area (Å²) < 4.78 is 5.96. The van der Waals surface area contributed by atoms with Crippen LogP contribution in [0.4, 0.5) is 0 Å². The molecule has 144 valence electrons. The third-order valence-corrected chi connectivity index (χ3v) is 5.10. The first-order chi connectivity index (χ1) is 13.7. The molecule has 28 heavy (non-hydrogen) atoms. The van der Waals surface area contributed by atoms with Gasteiger partial charge in [0.25, 0.3) is 5.56 Å². The second-order valence-corrected chi connectivity index (χ2v) is 7.23. The van der Waals surface area contributed by atoms with Gasteiger partial charge >= 0.3 is 0 Å². The highest BCUT2D eigenvalue weighted by Gasteiger charge is 2.17. The highest BCUT2D eigenvalue weighted by atomic mass is 16.5. The maximum Gasteiger partial charge on any atom is 0.251 e. The van der Waals surface area contributed by atoms with Crippen LogP contribution in [0.3, 0.4) is 0 Å². The molecule has 1 N–H and O–H groups in total. The van der Waals surface area contributed by atoms with E-state index in [1.807, 2.05) is 55.5 Å². The van der Waals surface area contributed by atoms with Gasteiger partial charge < -0.3 is 9.72 Å². The highest BCUT2D eigenvalue weighted by molar-refractivity contribution is 5.60. The summed E-state index contributed by atoms with van der Waals surface area (Å²) in [6, 6.07) is 19.3. The smallest absolute Gasteiger partial charge is 0.251 e. The molecule has 1 aliphatic rings. The molecule has 2 heterocycles. The number of ether oxygens (including phenoxy) is 1. The van der Waals surface area contributed by atoms with Crippen LogP contribution in [0.25, 0.3) is 11.4 Å². The average molecular weight is 375 g/mol. The SMILES string of the molecule is CC(Oc1ccccc1)c1cc(=O)[nH]c(-c2ccccc2CN2CCCC2)n1. The van der Waals surface area contributed by atoms with Gasteiger partial charge in [-0.05, 0) is 50.6 Å². The average Bonchev–Trinajstić information content (AvgIpc) is 3.22. The molecule has 1 unspecified atom stereocenters. The van der Waals surface area contributed by atoms with Crippen LogP contribution in [-0.4, -0.2) is 28.0 Å². The molecular formula is C23H25N3O2. The largest absolute Gasteiger partial charge is 0.484 e. The summed E-state index contributed by atoms with van der Waals surface area (Å²) in [4.78, 5) is 22.4. The van der Waals surface area contributed by atoms with Gasteiger partial charge in [-0.1, -0.05) is 42.5 Å². The van der Waals surface area contributed by atoms with Crippen molar-refractivity contribution >= 4 is 0 Å². The molecule has 0 bridgehead atoms. The Morgan fingerprint density at radius 2 is 1.79 bits per heavy atom. The van der Waals surface area contributed by atoms with Crippen molar-refractivity contribution in [3.05, 3.63) is 82.3 Å². The molecule has 5 heteroatoms. The Labute approximate surface area is 165 Å². The van der Waals surface area contributed by atoms with E-state index in [0.29, 0.717) is 11.5 Å². The fraction of sp³-hybridized carbons (Fsp3) is 0.304. The Hall–Kier alpha value is -2.92. The molecule has 0 spiro atoms. The van der Waals surface area contributed by atoms with E-state index in [2.05, 4.69) is 16.0 Å². The van der Waals surface area contributed by atoms with Gasteiger partial charge in [0.1, 0.15) is 17.7 Å². The number of nitrogens with one attached hydrogen (secondary N) is 1. The first-order valence-corrected chi connectivity index (χ1v) is 9.82. The maximum absolute atomic E-state index is 12.3. The molecule has 1 aromatic heterocycles. The van der Waals surface area contributed by atoms with E-state index in [4.69, 9.17) is 9.72 Å². The maximum atomic E-state index is 12.3. The topological polar surface area (TPSA) is 58.2 Å². The fourth-order valence-electron chi connectivity index (χ4n) is 3.65. The molecule has 1 atom stereocenters. The van der Waals surface area contributed by atoms with Crippen LogP contribution >= 0.6 is 0 Å². The first-order valence-electron chi connectivity index (χ1n) is 9.82. The molecule has 0 amide bonds. The van der Waals surface area contributed by atoms with Crippen molar-refractivity contribution in [2.75, 3.05) is 13.1 Å². The standard InChI is InChI=1S/C23H25N3O2/c1-17(28-19-10-3-2-4-11-19)21-15-22(27)25-23(24-21)20-12-6-5-9-18(20)16-26-13-7-8-14-26/h2-6,9-12,15,17H,7-8,13-14,16H2,1H3,(H,24,25,27). The monoisotopic (exact) mass is 375 g/mol. The molecule has 2 aromatic carbocycles. The Kier molecular flexibility index (Phi) is 5.53. The fourth-order valence-corrected chi connectivity index (χ4v) is 3.65.